The maximum Gasteiger partial charge on any atom is 0.198 e. The van der Waals surface area contributed by atoms with E-state index in [-0.39, 0.29) is 11.3 Å². The number of carbonyl (C=O) groups is 1. The highest BCUT2D eigenvalue weighted by molar-refractivity contribution is 6.17. The van der Waals surface area contributed by atoms with Crippen molar-refractivity contribution in [2.75, 3.05) is 0 Å². The van der Waals surface area contributed by atoms with E-state index in [1.165, 1.54) is 6.07 Å². The van der Waals surface area contributed by atoms with E-state index in [9.17, 15) is 9.18 Å². The first kappa shape index (κ1) is 12.6. The fourth-order valence-electron chi connectivity index (χ4n) is 2.50. The fourth-order valence-corrected chi connectivity index (χ4v) is 2.50. The molecule has 1 N–H and O–H groups in total. The van der Waals surface area contributed by atoms with Gasteiger partial charge < -0.3 is 4.98 Å². The molecule has 100 valence electrons. The molecule has 0 atom stereocenters. The largest absolute Gasteiger partial charge is 0.360 e. The summed E-state index contributed by atoms with van der Waals surface area (Å²) in [5.41, 5.74) is 3.32. The molecule has 20 heavy (non-hydrogen) atoms. The zero-order valence-electron chi connectivity index (χ0n) is 11.3. The van der Waals surface area contributed by atoms with Crippen molar-refractivity contribution in [1.82, 2.24) is 4.98 Å². The van der Waals surface area contributed by atoms with Crippen LogP contribution >= 0.6 is 0 Å². The van der Waals surface area contributed by atoms with Crippen LogP contribution in [0.3, 0.4) is 0 Å². The van der Waals surface area contributed by atoms with E-state index in [1.54, 1.807) is 25.3 Å². The second-order valence-corrected chi connectivity index (χ2v) is 5.01. The number of rotatable bonds is 2. The average molecular weight is 267 g/mol. The molecule has 0 fully saturated rings. The summed E-state index contributed by atoms with van der Waals surface area (Å²) in [5, 5.41) is 0.859. The molecule has 0 radical (unpaired) electrons. The molecule has 0 amide bonds. The Hall–Kier alpha value is -2.42. The van der Waals surface area contributed by atoms with Crippen molar-refractivity contribution in [3.63, 3.8) is 0 Å². The van der Waals surface area contributed by atoms with Crippen molar-refractivity contribution >= 4 is 16.7 Å². The van der Waals surface area contributed by atoms with E-state index in [1.807, 2.05) is 25.1 Å². The lowest BCUT2D eigenvalue weighted by Crippen LogP contribution is -2.04. The number of aromatic nitrogens is 1. The number of H-pyrrole nitrogens is 1. The van der Waals surface area contributed by atoms with Crippen molar-refractivity contribution in [2.45, 2.75) is 13.8 Å². The first-order valence-corrected chi connectivity index (χ1v) is 6.45. The lowest BCUT2D eigenvalue weighted by molar-refractivity contribution is 0.103. The van der Waals surface area contributed by atoms with Crippen molar-refractivity contribution in [3.05, 3.63) is 70.7 Å². The van der Waals surface area contributed by atoms with Gasteiger partial charge >= 0.3 is 0 Å². The van der Waals surface area contributed by atoms with Gasteiger partial charge in [0, 0.05) is 22.7 Å². The molecular formula is C17H14FNO. The quantitative estimate of drug-likeness (QED) is 0.695. The summed E-state index contributed by atoms with van der Waals surface area (Å²) in [4.78, 5) is 15.6. The Morgan fingerprint density at radius 3 is 2.65 bits per heavy atom. The van der Waals surface area contributed by atoms with Gasteiger partial charge in [-0.05, 0) is 43.2 Å². The van der Waals surface area contributed by atoms with Crippen LogP contribution in [0.2, 0.25) is 0 Å². The first-order chi connectivity index (χ1) is 9.58. The second-order valence-electron chi connectivity index (χ2n) is 5.01. The maximum absolute atomic E-state index is 14.0. The van der Waals surface area contributed by atoms with Gasteiger partial charge in [-0.3, -0.25) is 4.79 Å². The summed E-state index contributed by atoms with van der Waals surface area (Å²) in [6, 6.07) is 10.5. The molecule has 0 saturated carbocycles. The van der Waals surface area contributed by atoms with Crippen LogP contribution in [0.5, 0.6) is 0 Å². The third-order valence-electron chi connectivity index (χ3n) is 3.53. The Morgan fingerprint density at radius 2 is 1.90 bits per heavy atom. The molecule has 0 spiro atoms. The fraction of sp³-hybridized carbons (Fsp3) is 0.118. The molecule has 0 aliphatic heterocycles. The number of benzene rings is 2. The molecule has 0 bridgehead atoms. The number of fused-ring (bicyclic) bond motifs is 1. The number of ketones is 1. The smallest absolute Gasteiger partial charge is 0.198 e. The normalized spacial score (nSPS) is 10.9. The highest BCUT2D eigenvalue weighted by Crippen LogP contribution is 2.25. The lowest BCUT2D eigenvalue weighted by atomic mass is 9.99. The van der Waals surface area contributed by atoms with E-state index in [4.69, 9.17) is 0 Å². The zero-order chi connectivity index (χ0) is 14.3. The Kier molecular flexibility index (Phi) is 2.90. The number of hydrogen-bond donors (Lipinski definition) is 1. The van der Waals surface area contributed by atoms with Crippen LogP contribution in [0.4, 0.5) is 4.39 Å². The van der Waals surface area contributed by atoms with Gasteiger partial charge in [0.05, 0.1) is 5.56 Å². The summed E-state index contributed by atoms with van der Waals surface area (Å²) >= 11 is 0. The molecule has 0 saturated heterocycles. The molecular weight excluding hydrogens is 253 g/mol. The van der Waals surface area contributed by atoms with E-state index in [2.05, 4.69) is 4.98 Å². The predicted octanol–water partition coefficient (Wildman–Crippen LogP) is 4.15. The number of nitrogens with one attached hydrogen (secondary N) is 1. The third-order valence-corrected chi connectivity index (χ3v) is 3.53. The molecule has 2 nitrogen and oxygen atoms in total. The van der Waals surface area contributed by atoms with E-state index in [0.29, 0.717) is 5.56 Å². The molecule has 1 heterocycles. The number of aromatic amines is 1. The van der Waals surface area contributed by atoms with Gasteiger partial charge in [0.1, 0.15) is 5.82 Å². The van der Waals surface area contributed by atoms with Crippen molar-refractivity contribution < 1.29 is 9.18 Å². The van der Waals surface area contributed by atoms with E-state index in [0.717, 1.165) is 22.0 Å². The minimum absolute atomic E-state index is 0.111. The van der Waals surface area contributed by atoms with Gasteiger partial charge in [0.25, 0.3) is 0 Å². The second kappa shape index (κ2) is 4.60. The summed E-state index contributed by atoms with van der Waals surface area (Å²) < 4.78 is 14.0. The minimum Gasteiger partial charge on any atom is -0.360 e. The molecule has 0 aliphatic rings. The van der Waals surface area contributed by atoms with Crippen LogP contribution in [0.25, 0.3) is 10.9 Å². The molecule has 2 aromatic carbocycles. The van der Waals surface area contributed by atoms with Crippen molar-refractivity contribution in [3.8, 4) is 0 Å². The highest BCUT2D eigenvalue weighted by atomic mass is 19.1. The Labute approximate surface area is 116 Å². The van der Waals surface area contributed by atoms with Crippen LogP contribution in [0, 0.1) is 19.7 Å². The minimum atomic E-state index is -0.474. The SMILES string of the molecule is Cc1ccc(C(=O)c2c[nH]c3cccc(C)c23)c(F)c1. The summed E-state index contributed by atoms with van der Waals surface area (Å²) in [5.74, 6) is -0.763. The third kappa shape index (κ3) is 1.92. The predicted molar refractivity (Wildman–Crippen MR) is 77.6 cm³/mol. The molecule has 3 aromatic rings. The van der Waals surface area contributed by atoms with Gasteiger partial charge in [-0.25, -0.2) is 4.39 Å². The summed E-state index contributed by atoms with van der Waals surface area (Å²) in [7, 11) is 0. The van der Waals surface area contributed by atoms with Gasteiger partial charge in [-0.2, -0.15) is 0 Å². The Balaban J connectivity index is 2.18. The van der Waals surface area contributed by atoms with Gasteiger partial charge in [0.2, 0.25) is 0 Å². The molecule has 3 heteroatoms. The topological polar surface area (TPSA) is 32.9 Å². The Bertz CT molecular complexity index is 817. The maximum atomic E-state index is 14.0. The Morgan fingerprint density at radius 1 is 1.10 bits per heavy atom. The number of hydrogen-bond acceptors (Lipinski definition) is 1. The molecule has 0 unspecified atom stereocenters. The van der Waals surface area contributed by atoms with Gasteiger partial charge in [-0.15, -0.1) is 0 Å². The monoisotopic (exact) mass is 267 g/mol. The van der Waals surface area contributed by atoms with Gasteiger partial charge in [0.15, 0.2) is 5.78 Å². The number of aryl methyl sites for hydroxylation is 2. The lowest BCUT2D eigenvalue weighted by Gasteiger charge is -2.04. The van der Waals surface area contributed by atoms with Crippen LogP contribution in [-0.4, -0.2) is 10.8 Å². The zero-order valence-corrected chi connectivity index (χ0v) is 11.3. The standard InChI is InChI=1S/C17H14FNO/c1-10-6-7-12(14(18)8-10)17(20)13-9-19-15-5-3-4-11(2)16(13)15/h3-9,19H,1-2H3. The number of carbonyl (C=O) groups excluding carboxylic acids is 1. The highest BCUT2D eigenvalue weighted by Gasteiger charge is 2.18. The van der Waals surface area contributed by atoms with Crippen molar-refractivity contribution in [2.24, 2.45) is 0 Å². The average Bonchev–Trinajstić information content (AvgIpc) is 2.83. The van der Waals surface area contributed by atoms with Crippen LogP contribution in [0.15, 0.2) is 42.6 Å². The number of halogens is 1. The molecule has 0 aliphatic carbocycles. The van der Waals surface area contributed by atoms with Crippen molar-refractivity contribution in [1.29, 1.82) is 0 Å². The summed E-state index contributed by atoms with van der Waals surface area (Å²) in [6.45, 7) is 3.74. The van der Waals surface area contributed by atoms with E-state index < -0.39 is 5.82 Å². The van der Waals surface area contributed by atoms with Crippen LogP contribution in [-0.2, 0) is 0 Å². The van der Waals surface area contributed by atoms with E-state index >= 15 is 0 Å². The van der Waals surface area contributed by atoms with Crippen LogP contribution < -0.4 is 0 Å². The summed E-state index contributed by atoms with van der Waals surface area (Å²) in [6.07, 6.45) is 1.65. The molecule has 3 rings (SSSR count). The van der Waals surface area contributed by atoms with Crippen LogP contribution in [0.1, 0.15) is 27.0 Å². The molecule has 1 aromatic heterocycles. The first-order valence-electron chi connectivity index (χ1n) is 6.45. The van der Waals surface area contributed by atoms with Gasteiger partial charge in [-0.1, -0.05) is 18.2 Å².